The van der Waals surface area contributed by atoms with Gasteiger partial charge in [0.2, 0.25) is 0 Å². The number of carbonyl (C=O) groups is 1. The van der Waals surface area contributed by atoms with Gasteiger partial charge in [-0.1, -0.05) is 6.92 Å². The van der Waals surface area contributed by atoms with E-state index in [9.17, 15) is 4.79 Å². The molecule has 0 unspecified atom stereocenters. The molecule has 0 saturated heterocycles. The second-order valence-electron chi connectivity index (χ2n) is 3.71. The Morgan fingerprint density at radius 2 is 2.11 bits per heavy atom. The van der Waals surface area contributed by atoms with Crippen molar-refractivity contribution < 1.29 is 14.6 Å². The average Bonchev–Trinajstić information content (AvgIpc) is 2.87. The molecule has 5 heteroatoms. The summed E-state index contributed by atoms with van der Waals surface area (Å²) in [6.07, 6.45) is 2.35. The molecule has 0 spiro atoms. The van der Waals surface area contributed by atoms with E-state index < -0.39 is 5.97 Å². The molecule has 0 amide bonds. The molecular weight excluding hydrogens is 250 g/mol. The van der Waals surface area contributed by atoms with Gasteiger partial charge in [0, 0.05) is 5.56 Å². The molecule has 0 aliphatic carbocycles. The summed E-state index contributed by atoms with van der Waals surface area (Å²) < 4.78 is 5.48. The molecule has 0 radical (unpaired) electrons. The third-order valence-corrected chi connectivity index (χ3v) is 3.32. The number of ether oxygens (including phenoxy) is 1. The number of hydrogen-bond donors (Lipinski definition) is 1. The van der Waals surface area contributed by atoms with Crippen LogP contribution in [0, 0.1) is 0 Å². The lowest BCUT2D eigenvalue weighted by Crippen LogP contribution is -1.94. The molecular formula is C13H13NO3S. The summed E-state index contributed by atoms with van der Waals surface area (Å²) in [5.41, 5.74) is 0.899. The van der Waals surface area contributed by atoms with Gasteiger partial charge in [-0.15, -0.1) is 11.3 Å². The van der Waals surface area contributed by atoms with Gasteiger partial charge in [-0.05, 0) is 30.7 Å². The molecule has 1 heterocycles. The molecule has 94 valence electrons. The Morgan fingerprint density at radius 3 is 2.67 bits per heavy atom. The summed E-state index contributed by atoms with van der Waals surface area (Å²) in [4.78, 5) is 15.1. The number of nitrogens with zero attached hydrogens (tertiary/aromatic N) is 1. The van der Waals surface area contributed by atoms with Gasteiger partial charge in [-0.25, -0.2) is 9.78 Å². The highest BCUT2D eigenvalue weighted by Gasteiger charge is 2.09. The zero-order chi connectivity index (χ0) is 13.0. The highest BCUT2D eigenvalue weighted by Crippen LogP contribution is 2.26. The lowest BCUT2D eigenvalue weighted by molar-refractivity contribution is 0.0702. The minimum Gasteiger partial charge on any atom is -0.494 e. The molecule has 4 nitrogen and oxygen atoms in total. The zero-order valence-corrected chi connectivity index (χ0v) is 10.7. The first-order valence-electron chi connectivity index (χ1n) is 5.63. The fourth-order valence-electron chi connectivity index (χ4n) is 1.42. The summed E-state index contributed by atoms with van der Waals surface area (Å²) >= 11 is 1.17. The number of carboxylic acid groups (broad SMARTS) is 1. The SMILES string of the molecule is CCCOc1ccc(-c2ncc(C(=O)O)s2)cc1. The molecule has 2 aromatic rings. The molecule has 0 fully saturated rings. The molecule has 18 heavy (non-hydrogen) atoms. The number of benzene rings is 1. The van der Waals surface area contributed by atoms with E-state index in [2.05, 4.69) is 11.9 Å². The first-order valence-corrected chi connectivity index (χ1v) is 6.44. The standard InChI is InChI=1S/C13H13NO3S/c1-2-7-17-10-5-3-9(4-6-10)12-14-8-11(18-12)13(15)16/h3-6,8H,2,7H2,1H3,(H,15,16). The maximum Gasteiger partial charge on any atom is 0.347 e. The van der Waals surface area contributed by atoms with Gasteiger partial charge < -0.3 is 9.84 Å². The third kappa shape index (κ3) is 2.87. The minimum absolute atomic E-state index is 0.247. The van der Waals surface area contributed by atoms with Crippen molar-refractivity contribution >= 4 is 17.3 Å². The van der Waals surface area contributed by atoms with E-state index >= 15 is 0 Å². The van der Waals surface area contributed by atoms with Crippen LogP contribution in [0.2, 0.25) is 0 Å². The number of hydrogen-bond acceptors (Lipinski definition) is 4. The monoisotopic (exact) mass is 263 g/mol. The van der Waals surface area contributed by atoms with Crippen molar-refractivity contribution in [3.63, 3.8) is 0 Å². The Morgan fingerprint density at radius 1 is 1.39 bits per heavy atom. The van der Waals surface area contributed by atoms with Crippen LogP contribution < -0.4 is 4.74 Å². The van der Waals surface area contributed by atoms with E-state index in [1.165, 1.54) is 17.5 Å². The Bertz CT molecular complexity index is 533. The molecule has 1 N–H and O–H groups in total. The maximum atomic E-state index is 10.8. The number of carboxylic acids is 1. The van der Waals surface area contributed by atoms with E-state index in [-0.39, 0.29) is 4.88 Å². The third-order valence-electron chi connectivity index (χ3n) is 2.29. The van der Waals surface area contributed by atoms with Crippen molar-refractivity contribution in [3.05, 3.63) is 35.3 Å². The highest BCUT2D eigenvalue weighted by atomic mass is 32.1. The molecule has 0 saturated carbocycles. The van der Waals surface area contributed by atoms with E-state index in [4.69, 9.17) is 9.84 Å². The van der Waals surface area contributed by atoms with E-state index in [0.29, 0.717) is 11.6 Å². The quantitative estimate of drug-likeness (QED) is 0.899. The van der Waals surface area contributed by atoms with Crippen LogP contribution in [0.5, 0.6) is 5.75 Å². The van der Waals surface area contributed by atoms with Crippen molar-refractivity contribution in [2.45, 2.75) is 13.3 Å². The van der Waals surface area contributed by atoms with Crippen LogP contribution in [0.15, 0.2) is 30.5 Å². The van der Waals surface area contributed by atoms with Crippen molar-refractivity contribution in [1.29, 1.82) is 0 Å². The second-order valence-corrected chi connectivity index (χ2v) is 4.74. The summed E-state index contributed by atoms with van der Waals surface area (Å²) in [5, 5.41) is 9.54. The summed E-state index contributed by atoms with van der Waals surface area (Å²) in [5.74, 6) is -0.128. The van der Waals surface area contributed by atoms with Gasteiger partial charge >= 0.3 is 5.97 Å². The summed E-state index contributed by atoms with van der Waals surface area (Å²) in [6, 6.07) is 7.50. The van der Waals surface area contributed by atoms with Crippen LogP contribution in [0.4, 0.5) is 0 Å². The first kappa shape index (κ1) is 12.6. The predicted molar refractivity (Wildman–Crippen MR) is 70.3 cm³/mol. The molecule has 2 rings (SSSR count). The number of aromatic nitrogens is 1. The Kier molecular flexibility index (Phi) is 3.94. The maximum absolute atomic E-state index is 10.8. The van der Waals surface area contributed by atoms with Crippen LogP contribution in [-0.4, -0.2) is 22.7 Å². The Hall–Kier alpha value is -1.88. The summed E-state index contributed by atoms with van der Waals surface area (Å²) in [6.45, 7) is 2.75. The van der Waals surface area contributed by atoms with Crippen molar-refractivity contribution in [3.8, 4) is 16.3 Å². The molecule has 0 aliphatic rings. The van der Waals surface area contributed by atoms with Gasteiger partial charge in [-0.3, -0.25) is 0 Å². The highest BCUT2D eigenvalue weighted by molar-refractivity contribution is 7.16. The molecule has 0 aliphatic heterocycles. The Labute approximate surface area is 109 Å². The largest absolute Gasteiger partial charge is 0.494 e. The van der Waals surface area contributed by atoms with Gasteiger partial charge in [0.05, 0.1) is 12.8 Å². The summed E-state index contributed by atoms with van der Waals surface area (Å²) in [7, 11) is 0. The van der Waals surface area contributed by atoms with E-state index in [0.717, 1.165) is 17.7 Å². The van der Waals surface area contributed by atoms with Crippen molar-refractivity contribution in [2.24, 2.45) is 0 Å². The van der Waals surface area contributed by atoms with Gasteiger partial charge in [0.25, 0.3) is 0 Å². The van der Waals surface area contributed by atoms with Crippen molar-refractivity contribution in [1.82, 2.24) is 4.98 Å². The number of aromatic carboxylic acids is 1. The van der Waals surface area contributed by atoms with Crippen LogP contribution in [-0.2, 0) is 0 Å². The van der Waals surface area contributed by atoms with Crippen molar-refractivity contribution in [2.75, 3.05) is 6.61 Å². The first-order chi connectivity index (χ1) is 8.70. The minimum atomic E-state index is -0.943. The normalized spacial score (nSPS) is 10.3. The lowest BCUT2D eigenvalue weighted by atomic mass is 10.2. The number of rotatable bonds is 5. The topological polar surface area (TPSA) is 59.4 Å². The van der Waals surface area contributed by atoms with Crippen LogP contribution in [0.3, 0.4) is 0 Å². The fourth-order valence-corrected chi connectivity index (χ4v) is 2.18. The Balaban J connectivity index is 2.15. The molecule has 0 bridgehead atoms. The van der Waals surface area contributed by atoms with Gasteiger partial charge in [0.15, 0.2) is 0 Å². The molecule has 0 atom stereocenters. The fraction of sp³-hybridized carbons (Fsp3) is 0.231. The molecule has 1 aromatic carbocycles. The van der Waals surface area contributed by atoms with Gasteiger partial charge in [0.1, 0.15) is 15.6 Å². The second kappa shape index (κ2) is 5.64. The van der Waals surface area contributed by atoms with Crippen LogP contribution >= 0.6 is 11.3 Å². The van der Waals surface area contributed by atoms with E-state index in [1.807, 2.05) is 24.3 Å². The van der Waals surface area contributed by atoms with Gasteiger partial charge in [-0.2, -0.15) is 0 Å². The number of thiazole rings is 1. The lowest BCUT2D eigenvalue weighted by Gasteiger charge is -2.04. The molecule has 1 aromatic heterocycles. The van der Waals surface area contributed by atoms with E-state index in [1.54, 1.807) is 0 Å². The smallest absolute Gasteiger partial charge is 0.347 e. The zero-order valence-electron chi connectivity index (χ0n) is 9.92. The average molecular weight is 263 g/mol. The van der Waals surface area contributed by atoms with Crippen LogP contribution in [0.1, 0.15) is 23.0 Å². The predicted octanol–water partition coefficient (Wildman–Crippen LogP) is 3.30. The van der Waals surface area contributed by atoms with Crippen LogP contribution in [0.25, 0.3) is 10.6 Å².